The first-order chi connectivity index (χ1) is 8.98. The van der Waals surface area contributed by atoms with Crippen LogP contribution in [0.25, 0.3) is 0 Å². The standard InChI is InChI=1S/C14H10F3IO/c15-14(16,17)11-7-4-8-12(18)13(11)19-9-10-5-2-1-3-6-10/h1-8H,9H2. The molecule has 0 saturated heterocycles. The van der Waals surface area contributed by atoms with E-state index in [0.29, 0.717) is 3.57 Å². The van der Waals surface area contributed by atoms with Crippen molar-refractivity contribution in [1.82, 2.24) is 0 Å². The molecular formula is C14H10F3IO. The first-order valence-corrected chi connectivity index (χ1v) is 6.59. The third kappa shape index (κ3) is 3.62. The zero-order valence-electron chi connectivity index (χ0n) is 9.75. The van der Waals surface area contributed by atoms with Gasteiger partial charge in [-0.1, -0.05) is 36.4 Å². The molecule has 2 aromatic carbocycles. The van der Waals surface area contributed by atoms with Gasteiger partial charge in [-0.05, 0) is 40.3 Å². The number of rotatable bonds is 3. The number of alkyl halides is 3. The molecule has 5 heteroatoms. The van der Waals surface area contributed by atoms with Crippen LogP contribution >= 0.6 is 22.6 Å². The zero-order valence-corrected chi connectivity index (χ0v) is 11.9. The van der Waals surface area contributed by atoms with Crippen LogP contribution in [0, 0.1) is 3.57 Å². The van der Waals surface area contributed by atoms with E-state index in [4.69, 9.17) is 4.74 Å². The molecule has 0 unspecified atom stereocenters. The maximum absolute atomic E-state index is 12.9. The van der Waals surface area contributed by atoms with Crippen molar-refractivity contribution in [3.8, 4) is 5.75 Å². The van der Waals surface area contributed by atoms with E-state index < -0.39 is 11.7 Å². The highest BCUT2D eigenvalue weighted by atomic mass is 127. The van der Waals surface area contributed by atoms with Gasteiger partial charge in [-0.15, -0.1) is 0 Å². The van der Waals surface area contributed by atoms with Crippen LogP contribution in [0.2, 0.25) is 0 Å². The minimum Gasteiger partial charge on any atom is -0.487 e. The summed E-state index contributed by atoms with van der Waals surface area (Å²) in [5.74, 6) is -0.112. The Kier molecular flexibility index (Phi) is 4.34. The Balaban J connectivity index is 2.25. The fourth-order valence-electron chi connectivity index (χ4n) is 1.61. The number of benzene rings is 2. The highest BCUT2D eigenvalue weighted by Gasteiger charge is 2.35. The Morgan fingerprint density at radius 1 is 0.947 bits per heavy atom. The molecular weight excluding hydrogens is 368 g/mol. The Bertz CT molecular complexity index is 552. The third-order valence-electron chi connectivity index (χ3n) is 2.50. The molecule has 0 amide bonds. The first-order valence-electron chi connectivity index (χ1n) is 5.51. The Morgan fingerprint density at radius 3 is 2.26 bits per heavy atom. The lowest BCUT2D eigenvalue weighted by molar-refractivity contribution is -0.139. The topological polar surface area (TPSA) is 9.23 Å². The summed E-state index contributed by atoms with van der Waals surface area (Å²) in [6, 6.07) is 13.1. The van der Waals surface area contributed by atoms with E-state index in [1.807, 2.05) is 52.9 Å². The van der Waals surface area contributed by atoms with E-state index in [0.717, 1.165) is 11.6 Å². The SMILES string of the molecule is FC(F)(F)c1cccc(I)c1OCc1ccccc1. The van der Waals surface area contributed by atoms with Crippen molar-refractivity contribution in [2.45, 2.75) is 12.8 Å². The van der Waals surface area contributed by atoms with Crippen LogP contribution in [0.4, 0.5) is 13.2 Å². The Morgan fingerprint density at radius 2 is 1.63 bits per heavy atom. The fraction of sp³-hybridized carbons (Fsp3) is 0.143. The summed E-state index contributed by atoms with van der Waals surface area (Å²) in [7, 11) is 0. The number of halogens is 4. The van der Waals surface area contributed by atoms with Crippen LogP contribution < -0.4 is 4.74 Å². The second-order valence-electron chi connectivity index (χ2n) is 3.89. The van der Waals surface area contributed by atoms with E-state index in [1.165, 1.54) is 6.07 Å². The van der Waals surface area contributed by atoms with Crippen LogP contribution in [-0.4, -0.2) is 0 Å². The lowest BCUT2D eigenvalue weighted by Gasteiger charge is -2.15. The van der Waals surface area contributed by atoms with Gasteiger partial charge in [0, 0.05) is 0 Å². The number of ether oxygens (including phenoxy) is 1. The van der Waals surface area contributed by atoms with Crippen LogP contribution in [0.5, 0.6) is 5.75 Å². The monoisotopic (exact) mass is 378 g/mol. The first kappa shape index (κ1) is 14.2. The highest BCUT2D eigenvalue weighted by molar-refractivity contribution is 14.1. The molecule has 19 heavy (non-hydrogen) atoms. The normalized spacial score (nSPS) is 11.4. The van der Waals surface area contributed by atoms with Gasteiger partial charge in [0.2, 0.25) is 0 Å². The maximum Gasteiger partial charge on any atom is 0.420 e. The predicted molar refractivity (Wildman–Crippen MR) is 74.9 cm³/mol. The van der Waals surface area contributed by atoms with Crippen LogP contribution in [-0.2, 0) is 12.8 Å². The molecule has 1 nitrogen and oxygen atoms in total. The summed E-state index contributed by atoms with van der Waals surface area (Å²) in [6.45, 7) is 0.115. The lowest BCUT2D eigenvalue weighted by atomic mass is 10.2. The van der Waals surface area contributed by atoms with E-state index in [-0.39, 0.29) is 12.4 Å². The fourth-order valence-corrected chi connectivity index (χ4v) is 2.26. The van der Waals surface area contributed by atoms with Crippen molar-refractivity contribution in [3.63, 3.8) is 0 Å². The zero-order chi connectivity index (χ0) is 13.9. The Hall–Kier alpha value is -1.24. The van der Waals surface area contributed by atoms with E-state index in [9.17, 15) is 13.2 Å². The van der Waals surface area contributed by atoms with Gasteiger partial charge in [0.1, 0.15) is 12.4 Å². The molecule has 0 spiro atoms. The largest absolute Gasteiger partial charge is 0.487 e. The minimum atomic E-state index is -4.41. The lowest BCUT2D eigenvalue weighted by Crippen LogP contribution is -2.09. The van der Waals surface area contributed by atoms with Crippen molar-refractivity contribution in [2.75, 3.05) is 0 Å². The highest BCUT2D eigenvalue weighted by Crippen LogP contribution is 2.38. The van der Waals surface area contributed by atoms with Gasteiger partial charge < -0.3 is 4.74 Å². The molecule has 2 rings (SSSR count). The van der Waals surface area contributed by atoms with Gasteiger partial charge in [-0.25, -0.2) is 0 Å². The van der Waals surface area contributed by atoms with Gasteiger partial charge in [0.05, 0.1) is 9.13 Å². The molecule has 0 atom stereocenters. The van der Waals surface area contributed by atoms with E-state index >= 15 is 0 Å². The third-order valence-corrected chi connectivity index (χ3v) is 3.35. The summed E-state index contributed by atoms with van der Waals surface area (Å²) >= 11 is 1.84. The van der Waals surface area contributed by atoms with Crippen molar-refractivity contribution < 1.29 is 17.9 Å². The molecule has 2 aromatic rings. The van der Waals surface area contributed by atoms with Crippen molar-refractivity contribution in [1.29, 1.82) is 0 Å². The van der Waals surface area contributed by atoms with Crippen LogP contribution in [0.3, 0.4) is 0 Å². The average molecular weight is 378 g/mol. The molecule has 0 aromatic heterocycles. The van der Waals surface area contributed by atoms with Crippen molar-refractivity contribution in [3.05, 3.63) is 63.2 Å². The summed E-state index contributed by atoms with van der Waals surface area (Å²) in [6.07, 6.45) is -4.41. The minimum absolute atomic E-state index is 0.112. The molecule has 0 fully saturated rings. The number of hydrogen-bond acceptors (Lipinski definition) is 1. The van der Waals surface area contributed by atoms with Crippen molar-refractivity contribution in [2.24, 2.45) is 0 Å². The molecule has 0 heterocycles. The summed E-state index contributed by atoms with van der Waals surface area (Å²) in [4.78, 5) is 0. The smallest absolute Gasteiger partial charge is 0.420 e. The number of hydrogen-bond donors (Lipinski definition) is 0. The number of para-hydroxylation sites is 1. The quantitative estimate of drug-likeness (QED) is 0.692. The summed E-state index contributed by atoms with van der Waals surface area (Å²) in [5.41, 5.74) is 0.0885. The molecule has 0 aliphatic heterocycles. The van der Waals surface area contributed by atoms with E-state index in [2.05, 4.69) is 0 Å². The molecule has 0 N–H and O–H groups in total. The molecule has 0 aliphatic carbocycles. The van der Waals surface area contributed by atoms with Gasteiger partial charge in [-0.3, -0.25) is 0 Å². The molecule has 0 bridgehead atoms. The second kappa shape index (κ2) is 5.81. The van der Waals surface area contributed by atoms with Gasteiger partial charge in [-0.2, -0.15) is 13.2 Å². The van der Waals surface area contributed by atoms with Crippen LogP contribution in [0.15, 0.2) is 48.5 Å². The summed E-state index contributed by atoms with van der Waals surface area (Å²) in [5, 5.41) is 0. The van der Waals surface area contributed by atoms with Gasteiger partial charge >= 0.3 is 6.18 Å². The Labute approximate surface area is 122 Å². The van der Waals surface area contributed by atoms with Crippen molar-refractivity contribution >= 4 is 22.6 Å². The average Bonchev–Trinajstić information content (AvgIpc) is 2.37. The van der Waals surface area contributed by atoms with Gasteiger partial charge in [0.15, 0.2) is 0 Å². The molecule has 0 aliphatic rings. The van der Waals surface area contributed by atoms with Crippen LogP contribution in [0.1, 0.15) is 11.1 Å². The summed E-state index contributed by atoms with van der Waals surface area (Å²) < 4.78 is 44.4. The molecule has 0 radical (unpaired) electrons. The molecule has 100 valence electrons. The van der Waals surface area contributed by atoms with Gasteiger partial charge in [0.25, 0.3) is 0 Å². The predicted octanol–water partition coefficient (Wildman–Crippen LogP) is 4.89. The maximum atomic E-state index is 12.9. The van der Waals surface area contributed by atoms with E-state index in [1.54, 1.807) is 6.07 Å². The molecule has 0 saturated carbocycles. The second-order valence-corrected chi connectivity index (χ2v) is 5.05.